The molecule has 4 nitrogen and oxygen atoms in total. The Labute approximate surface area is 84.7 Å². The van der Waals surface area contributed by atoms with Crippen LogP contribution in [-0.4, -0.2) is 49.2 Å². The summed E-state index contributed by atoms with van der Waals surface area (Å²) in [5.74, 6) is 1.02. The lowest BCUT2D eigenvalue weighted by Gasteiger charge is -2.47. The van der Waals surface area contributed by atoms with E-state index in [2.05, 4.69) is 18.7 Å². The van der Waals surface area contributed by atoms with Gasteiger partial charge in [-0.3, -0.25) is 5.41 Å². The highest BCUT2D eigenvalue weighted by Crippen LogP contribution is 2.21. The van der Waals surface area contributed by atoms with Crippen LogP contribution in [0.1, 0.15) is 13.8 Å². The standard InChI is InChI=1S/C10H18N2O2/c1-7(2)10(11)12-8-3-13-5-9(12)6-14-4-8/h7-9,11H,3-6H2,1-2H3. The molecule has 0 amide bonds. The first-order valence-electron chi connectivity index (χ1n) is 5.22. The van der Waals surface area contributed by atoms with Crippen LogP contribution in [0.5, 0.6) is 0 Å². The number of fused-ring (bicyclic) bond motifs is 2. The van der Waals surface area contributed by atoms with Crippen molar-refractivity contribution in [2.24, 2.45) is 5.92 Å². The minimum absolute atomic E-state index is 0.261. The molecular weight excluding hydrogens is 180 g/mol. The van der Waals surface area contributed by atoms with Crippen LogP contribution in [0.25, 0.3) is 0 Å². The quantitative estimate of drug-likeness (QED) is 0.499. The van der Waals surface area contributed by atoms with Gasteiger partial charge in [0, 0.05) is 5.92 Å². The molecule has 2 aliphatic heterocycles. The van der Waals surface area contributed by atoms with Crippen LogP contribution in [0.3, 0.4) is 0 Å². The number of nitrogens with zero attached hydrogens (tertiary/aromatic N) is 1. The third kappa shape index (κ3) is 1.64. The molecule has 2 saturated heterocycles. The smallest absolute Gasteiger partial charge is 0.0992 e. The normalized spacial score (nSPS) is 32.1. The molecule has 2 rings (SSSR count). The van der Waals surface area contributed by atoms with E-state index in [1.54, 1.807) is 0 Å². The summed E-state index contributed by atoms with van der Waals surface area (Å²) in [5, 5.41) is 8.05. The van der Waals surface area contributed by atoms with Crippen molar-refractivity contribution in [1.29, 1.82) is 5.41 Å². The Bertz CT molecular complexity index is 208. The molecule has 14 heavy (non-hydrogen) atoms. The second kappa shape index (κ2) is 3.87. The third-order valence-corrected chi connectivity index (χ3v) is 2.85. The maximum Gasteiger partial charge on any atom is 0.0992 e. The maximum absolute atomic E-state index is 8.05. The molecule has 0 aromatic rings. The van der Waals surface area contributed by atoms with Crippen LogP contribution < -0.4 is 0 Å². The van der Waals surface area contributed by atoms with Gasteiger partial charge in [-0.15, -0.1) is 0 Å². The summed E-state index contributed by atoms with van der Waals surface area (Å²) in [4.78, 5) is 2.19. The zero-order valence-electron chi connectivity index (χ0n) is 8.82. The monoisotopic (exact) mass is 198 g/mol. The Morgan fingerprint density at radius 3 is 1.93 bits per heavy atom. The molecule has 0 aliphatic carbocycles. The summed E-state index contributed by atoms with van der Waals surface area (Å²) in [5.41, 5.74) is 0. The van der Waals surface area contributed by atoms with Gasteiger partial charge in [-0.05, 0) is 0 Å². The molecule has 4 heteroatoms. The molecule has 0 radical (unpaired) electrons. The van der Waals surface area contributed by atoms with Crippen LogP contribution in [0.4, 0.5) is 0 Å². The Kier molecular flexibility index (Phi) is 2.74. The van der Waals surface area contributed by atoms with Gasteiger partial charge in [-0.2, -0.15) is 0 Å². The third-order valence-electron chi connectivity index (χ3n) is 2.85. The van der Waals surface area contributed by atoms with Crippen LogP contribution in [-0.2, 0) is 9.47 Å². The molecule has 2 fully saturated rings. The minimum Gasteiger partial charge on any atom is -0.377 e. The van der Waals surface area contributed by atoms with E-state index in [-0.39, 0.29) is 18.0 Å². The van der Waals surface area contributed by atoms with Crippen LogP contribution in [0, 0.1) is 11.3 Å². The van der Waals surface area contributed by atoms with E-state index in [0.717, 1.165) is 5.84 Å². The van der Waals surface area contributed by atoms with Crippen LogP contribution >= 0.6 is 0 Å². The molecule has 0 aromatic carbocycles. The van der Waals surface area contributed by atoms with Crippen molar-refractivity contribution in [2.45, 2.75) is 25.9 Å². The van der Waals surface area contributed by atoms with Crippen molar-refractivity contribution in [3.63, 3.8) is 0 Å². The molecule has 1 N–H and O–H groups in total. The van der Waals surface area contributed by atoms with E-state index >= 15 is 0 Å². The highest BCUT2D eigenvalue weighted by atomic mass is 16.5. The molecule has 0 spiro atoms. The Hall–Kier alpha value is -0.610. The second-order valence-electron chi connectivity index (χ2n) is 4.33. The topological polar surface area (TPSA) is 45.6 Å². The van der Waals surface area contributed by atoms with Crippen LogP contribution in [0.2, 0.25) is 0 Å². The summed E-state index contributed by atoms with van der Waals surface area (Å²) >= 11 is 0. The first-order chi connectivity index (χ1) is 6.70. The lowest BCUT2D eigenvalue weighted by atomic mass is 10.0. The molecule has 0 atom stereocenters. The first-order valence-corrected chi connectivity index (χ1v) is 5.22. The molecule has 2 heterocycles. The SMILES string of the molecule is CC(C)C(=N)N1C2COCC1COC2. The highest BCUT2D eigenvalue weighted by Gasteiger charge is 2.37. The average Bonchev–Trinajstić information content (AvgIpc) is 2.15. The zero-order valence-corrected chi connectivity index (χ0v) is 8.82. The summed E-state index contributed by atoms with van der Waals surface area (Å²) < 4.78 is 11.0. The number of hydrogen-bond donors (Lipinski definition) is 1. The lowest BCUT2D eigenvalue weighted by molar-refractivity contribution is -0.110. The van der Waals surface area contributed by atoms with Gasteiger partial charge in [0.2, 0.25) is 0 Å². The van der Waals surface area contributed by atoms with Crippen molar-refractivity contribution < 1.29 is 9.47 Å². The Morgan fingerprint density at radius 1 is 1.14 bits per heavy atom. The minimum atomic E-state index is 0.261. The highest BCUT2D eigenvalue weighted by molar-refractivity contribution is 5.81. The number of amidine groups is 1. The molecule has 2 bridgehead atoms. The molecule has 0 aromatic heterocycles. The maximum atomic E-state index is 8.05. The Morgan fingerprint density at radius 2 is 1.57 bits per heavy atom. The van der Waals surface area contributed by atoms with E-state index < -0.39 is 0 Å². The molecule has 0 saturated carbocycles. The van der Waals surface area contributed by atoms with Crippen molar-refractivity contribution in [3.8, 4) is 0 Å². The molecule has 80 valence electrons. The van der Waals surface area contributed by atoms with Gasteiger partial charge in [0.25, 0.3) is 0 Å². The van der Waals surface area contributed by atoms with E-state index in [9.17, 15) is 0 Å². The van der Waals surface area contributed by atoms with Gasteiger partial charge in [0.1, 0.15) is 0 Å². The van der Waals surface area contributed by atoms with Gasteiger partial charge in [-0.25, -0.2) is 0 Å². The van der Waals surface area contributed by atoms with E-state index in [4.69, 9.17) is 14.9 Å². The van der Waals surface area contributed by atoms with Crippen molar-refractivity contribution >= 4 is 5.84 Å². The fourth-order valence-corrected chi connectivity index (χ4v) is 2.09. The summed E-state index contributed by atoms with van der Waals surface area (Å²) in [6.45, 7) is 6.93. The molecule has 0 unspecified atom stereocenters. The molecular formula is C10H18N2O2. The first kappa shape index (κ1) is 9.93. The van der Waals surface area contributed by atoms with Crippen molar-refractivity contribution in [1.82, 2.24) is 4.90 Å². The predicted octanol–water partition coefficient (Wildman–Crippen LogP) is 0.719. The Balaban J connectivity index is 2.12. The fraction of sp³-hybridized carbons (Fsp3) is 0.900. The van der Waals surface area contributed by atoms with E-state index in [1.165, 1.54) is 0 Å². The van der Waals surface area contributed by atoms with E-state index in [1.807, 2.05) is 0 Å². The summed E-state index contributed by atoms with van der Waals surface area (Å²) in [6, 6.07) is 0.523. The number of nitrogens with one attached hydrogen (secondary N) is 1. The van der Waals surface area contributed by atoms with Gasteiger partial charge in [-0.1, -0.05) is 13.8 Å². The number of hydrogen-bond acceptors (Lipinski definition) is 3. The largest absolute Gasteiger partial charge is 0.377 e. The number of ether oxygens (including phenoxy) is 2. The van der Waals surface area contributed by atoms with Gasteiger partial charge in [0.05, 0.1) is 44.3 Å². The lowest BCUT2D eigenvalue weighted by Crippen LogP contribution is -2.62. The summed E-state index contributed by atoms with van der Waals surface area (Å²) in [6.07, 6.45) is 0. The number of rotatable bonds is 1. The van der Waals surface area contributed by atoms with Gasteiger partial charge in [0.15, 0.2) is 0 Å². The summed E-state index contributed by atoms with van der Waals surface area (Å²) in [7, 11) is 0. The van der Waals surface area contributed by atoms with Crippen molar-refractivity contribution in [3.05, 3.63) is 0 Å². The average molecular weight is 198 g/mol. The fourth-order valence-electron chi connectivity index (χ4n) is 2.09. The van der Waals surface area contributed by atoms with Gasteiger partial charge >= 0.3 is 0 Å². The van der Waals surface area contributed by atoms with Gasteiger partial charge < -0.3 is 14.4 Å². The second-order valence-corrected chi connectivity index (χ2v) is 4.33. The van der Waals surface area contributed by atoms with Crippen LogP contribution in [0.15, 0.2) is 0 Å². The predicted molar refractivity (Wildman–Crippen MR) is 53.6 cm³/mol. The molecule has 2 aliphatic rings. The zero-order chi connectivity index (χ0) is 10.1. The van der Waals surface area contributed by atoms with Crippen molar-refractivity contribution in [2.75, 3.05) is 26.4 Å². The number of morpholine rings is 2. The van der Waals surface area contributed by atoms with E-state index in [0.29, 0.717) is 26.4 Å².